The molecule has 0 saturated carbocycles. The maximum atomic E-state index is 5.86. The first kappa shape index (κ1) is 18.3. The molecule has 2 aromatic rings. The van der Waals surface area contributed by atoms with Crippen LogP contribution in [0.25, 0.3) is 10.9 Å². The van der Waals surface area contributed by atoms with Gasteiger partial charge in [-0.15, -0.1) is 24.0 Å². The van der Waals surface area contributed by atoms with E-state index in [0.717, 1.165) is 16.4 Å². The molecule has 0 amide bonds. The van der Waals surface area contributed by atoms with Gasteiger partial charge in [0.25, 0.3) is 0 Å². The lowest BCUT2D eigenvalue weighted by Crippen LogP contribution is -2.45. The Labute approximate surface area is 151 Å². The van der Waals surface area contributed by atoms with E-state index in [4.69, 9.17) is 5.73 Å². The monoisotopic (exact) mass is 464 g/mol. The second kappa shape index (κ2) is 7.49. The summed E-state index contributed by atoms with van der Waals surface area (Å²) in [5, 5.41) is 4.39. The first-order valence-electron chi connectivity index (χ1n) is 6.69. The summed E-state index contributed by atoms with van der Waals surface area (Å²) < 4.78 is 1.11. The smallest absolute Gasteiger partial charge is 0.188 e. The number of benzene rings is 1. The molecule has 2 rings (SSSR count). The number of hydrogen-bond donors (Lipinski definition) is 3. The van der Waals surface area contributed by atoms with Crippen LogP contribution in [0.4, 0.5) is 0 Å². The predicted octanol–water partition coefficient (Wildman–Crippen LogP) is 3.79. The fraction of sp³-hybridized carbons (Fsp3) is 0.400. The molecule has 0 radical (unpaired) electrons. The maximum absolute atomic E-state index is 5.86. The fourth-order valence-corrected chi connectivity index (χ4v) is 2.75. The zero-order chi connectivity index (χ0) is 14.8. The third-order valence-corrected chi connectivity index (χ3v) is 3.56. The van der Waals surface area contributed by atoms with Gasteiger partial charge in [-0.1, -0.05) is 22.0 Å². The van der Waals surface area contributed by atoms with Crippen LogP contribution in [0.3, 0.4) is 0 Å². The highest BCUT2D eigenvalue weighted by Crippen LogP contribution is 2.27. The largest absolute Gasteiger partial charge is 0.370 e. The quantitative estimate of drug-likeness (QED) is 0.367. The van der Waals surface area contributed by atoms with Gasteiger partial charge in [0.05, 0.1) is 0 Å². The number of halogens is 2. The molecule has 116 valence electrons. The van der Waals surface area contributed by atoms with E-state index in [-0.39, 0.29) is 29.5 Å². The van der Waals surface area contributed by atoms with Gasteiger partial charge in [0, 0.05) is 33.7 Å². The zero-order valence-corrected chi connectivity index (χ0v) is 16.5. The minimum absolute atomic E-state index is 0. The lowest BCUT2D eigenvalue weighted by atomic mass is 10.1. The van der Waals surface area contributed by atoms with Crippen LogP contribution in [0.15, 0.2) is 33.9 Å². The zero-order valence-electron chi connectivity index (χ0n) is 12.5. The normalized spacial score (nSPS) is 12.3. The number of aromatic amines is 1. The first-order chi connectivity index (χ1) is 9.37. The predicted molar refractivity (Wildman–Crippen MR) is 104 cm³/mol. The van der Waals surface area contributed by atoms with Crippen molar-refractivity contribution in [2.24, 2.45) is 10.7 Å². The van der Waals surface area contributed by atoms with E-state index in [9.17, 15) is 0 Å². The Hall–Kier alpha value is -0.760. The highest BCUT2D eigenvalue weighted by Gasteiger charge is 2.10. The molecule has 0 spiro atoms. The van der Waals surface area contributed by atoms with E-state index in [1.54, 1.807) is 0 Å². The van der Waals surface area contributed by atoms with Crippen LogP contribution in [0, 0.1) is 0 Å². The number of aliphatic imine (C=N–C) groups is 1. The van der Waals surface area contributed by atoms with E-state index in [1.165, 1.54) is 10.9 Å². The van der Waals surface area contributed by atoms with Crippen LogP contribution in [0.5, 0.6) is 0 Å². The van der Waals surface area contributed by atoms with Crippen molar-refractivity contribution in [1.82, 2.24) is 10.3 Å². The summed E-state index contributed by atoms with van der Waals surface area (Å²) in [6.45, 7) is 6.85. The molecule has 6 heteroatoms. The van der Waals surface area contributed by atoms with Gasteiger partial charge in [-0.25, -0.2) is 0 Å². The molecule has 0 aliphatic rings. The van der Waals surface area contributed by atoms with Crippen molar-refractivity contribution in [2.75, 3.05) is 6.54 Å². The Bertz CT molecular complexity index is 628. The molecule has 0 aliphatic carbocycles. The second-order valence-electron chi connectivity index (χ2n) is 5.87. The van der Waals surface area contributed by atoms with Crippen LogP contribution in [-0.2, 0) is 6.42 Å². The molecular formula is C15H22BrIN4. The number of nitrogens with zero attached hydrogens (tertiary/aromatic N) is 1. The lowest BCUT2D eigenvalue weighted by molar-refractivity contribution is 0.508. The Morgan fingerprint density at radius 3 is 2.76 bits per heavy atom. The number of fused-ring (bicyclic) bond motifs is 1. The Kier molecular flexibility index (Phi) is 6.52. The number of hydrogen-bond acceptors (Lipinski definition) is 1. The molecule has 1 aromatic heterocycles. The van der Waals surface area contributed by atoms with Gasteiger partial charge in [0.1, 0.15) is 0 Å². The molecule has 0 aliphatic heterocycles. The summed E-state index contributed by atoms with van der Waals surface area (Å²) >= 11 is 3.59. The van der Waals surface area contributed by atoms with Crippen LogP contribution in [0.2, 0.25) is 0 Å². The minimum atomic E-state index is -0.0581. The summed E-state index contributed by atoms with van der Waals surface area (Å²) in [5.41, 5.74) is 8.19. The van der Waals surface area contributed by atoms with Crippen LogP contribution in [-0.4, -0.2) is 23.0 Å². The summed E-state index contributed by atoms with van der Waals surface area (Å²) in [6, 6.07) is 6.15. The van der Waals surface area contributed by atoms with Crippen molar-refractivity contribution >= 4 is 56.8 Å². The van der Waals surface area contributed by atoms with E-state index < -0.39 is 0 Å². The molecule has 1 heterocycles. The molecule has 0 atom stereocenters. The van der Waals surface area contributed by atoms with E-state index in [1.807, 2.05) is 12.3 Å². The third-order valence-electron chi connectivity index (χ3n) is 2.90. The highest BCUT2D eigenvalue weighted by molar-refractivity contribution is 14.0. The summed E-state index contributed by atoms with van der Waals surface area (Å²) in [7, 11) is 0. The lowest BCUT2D eigenvalue weighted by Gasteiger charge is -2.20. The van der Waals surface area contributed by atoms with Crippen molar-refractivity contribution in [3.63, 3.8) is 0 Å². The van der Waals surface area contributed by atoms with Gasteiger partial charge < -0.3 is 16.0 Å². The Balaban J connectivity index is 0.00000220. The van der Waals surface area contributed by atoms with Crippen molar-refractivity contribution in [1.29, 1.82) is 0 Å². The molecule has 21 heavy (non-hydrogen) atoms. The second-order valence-corrected chi connectivity index (χ2v) is 6.72. The Morgan fingerprint density at radius 2 is 2.10 bits per heavy atom. The van der Waals surface area contributed by atoms with E-state index >= 15 is 0 Å². The van der Waals surface area contributed by atoms with Gasteiger partial charge in [0.15, 0.2) is 5.96 Å². The van der Waals surface area contributed by atoms with Gasteiger partial charge in [0.2, 0.25) is 0 Å². The standard InChI is InChI=1S/C15H21BrN4.HI/c1-15(2,3)20-14(17)18-8-7-10-9-19-12-6-4-5-11(16)13(10)12;/h4-6,9,19H,7-8H2,1-3H3,(H3,17,18,20);1H. The fourth-order valence-electron chi connectivity index (χ4n) is 2.13. The van der Waals surface area contributed by atoms with Gasteiger partial charge in [-0.2, -0.15) is 0 Å². The molecule has 4 N–H and O–H groups in total. The number of nitrogens with one attached hydrogen (secondary N) is 2. The van der Waals surface area contributed by atoms with Crippen LogP contribution < -0.4 is 11.1 Å². The molecule has 4 nitrogen and oxygen atoms in total. The van der Waals surface area contributed by atoms with Crippen molar-refractivity contribution in [2.45, 2.75) is 32.7 Å². The van der Waals surface area contributed by atoms with Crippen LogP contribution in [0.1, 0.15) is 26.3 Å². The van der Waals surface area contributed by atoms with Crippen LogP contribution >= 0.6 is 39.9 Å². The highest BCUT2D eigenvalue weighted by atomic mass is 127. The molecule has 0 saturated heterocycles. The topological polar surface area (TPSA) is 66.2 Å². The third kappa shape index (κ3) is 5.18. The number of guanidine groups is 1. The average molecular weight is 465 g/mol. The number of rotatable bonds is 3. The number of H-pyrrole nitrogens is 1. The summed E-state index contributed by atoms with van der Waals surface area (Å²) in [5.74, 6) is 0.497. The van der Waals surface area contributed by atoms with Gasteiger partial charge in [-0.05, 0) is 44.9 Å². The molecule has 0 fully saturated rings. The van der Waals surface area contributed by atoms with Crippen molar-refractivity contribution < 1.29 is 0 Å². The van der Waals surface area contributed by atoms with E-state index in [2.05, 4.69) is 64.1 Å². The van der Waals surface area contributed by atoms with E-state index in [0.29, 0.717) is 12.5 Å². The number of nitrogens with two attached hydrogens (primary N) is 1. The van der Waals surface area contributed by atoms with Gasteiger partial charge >= 0.3 is 0 Å². The molecule has 0 unspecified atom stereocenters. The Morgan fingerprint density at radius 1 is 1.38 bits per heavy atom. The molecular weight excluding hydrogens is 443 g/mol. The van der Waals surface area contributed by atoms with Crippen molar-refractivity contribution in [3.8, 4) is 0 Å². The number of aromatic nitrogens is 1. The SMILES string of the molecule is CC(C)(C)NC(N)=NCCc1c[nH]c2cccc(Br)c12.I. The molecule has 0 bridgehead atoms. The first-order valence-corrected chi connectivity index (χ1v) is 7.49. The van der Waals surface area contributed by atoms with Gasteiger partial charge in [-0.3, -0.25) is 4.99 Å². The summed E-state index contributed by atoms with van der Waals surface area (Å²) in [6.07, 6.45) is 2.90. The maximum Gasteiger partial charge on any atom is 0.188 e. The summed E-state index contributed by atoms with van der Waals surface area (Å²) in [4.78, 5) is 7.66. The average Bonchev–Trinajstić information content (AvgIpc) is 2.71. The molecule has 1 aromatic carbocycles. The van der Waals surface area contributed by atoms with Crippen molar-refractivity contribution in [3.05, 3.63) is 34.4 Å². The minimum Gasteiger partial charge on any atom is -0.370 e.